The highest BCUT2D eigenvalue weighted by molar-refractivity contribution is 5.77. The van der Waals surface area contributed by atoms with E-state index >= 15 is 0 Å². The Kier molecular flexibility index (Phi) is 4.20. The monoisotopic (exact) mass is 288 g/mol. The molecule has 1 fully saturated rings. The van der Waals surface area contributed by atoms with Gasteiger partial charge in [-0.3, -0.25) is 9.89 Å². The molecule has 1 unspecified atom stereocenters. The number of piperidine rings is 1. The van der Waals surface area contributed by atoms with E-state index in [1.807, 2.05) is 18.3 Å². The number of hydrogen-bond donors (Lipinski definition) is 1. The van der Waals surface area contributed by atoms with Crippen molar-refractivity contribution in [2.24, 2.45) is 10.7 Å². The van der Waals surface area contributed by atoms with E-state index in [1.54, 1.807) is 6.21 Å². The number of rotatable bonds is 3. The highest BCUT2D eigenvalue weighted by Gasteiger charge is 2.26. The predicted octanol–water partition coefficient (Wildman–Crippen LogP) is 2.28. The molecule has 1 aromatic carbocycles. The minimum atomic E-state index is -0.210. The molecule has 2 aliphatic rings. The first-order valence-corrected chi connectivity index (χ1v) is 7.47. The Balaban J connectivity index is 1.75. The van der Waals surface area contributed by atoms with Gasteiger partial charge in [0, 0.05) is 32.0 Å². The van der Waals surface area contributed by atoms with Crippen molar-refractivity contribution in [1.29, 1.82) is 0 Å². The molecule has 5 heteroatoms. The van der Waals surface area contributed by atoms with Gasteiger partial charge in [0.05, 0.1) is 5.70 Å². The molecule has 0 aliphatic carbocycles. The van der Waals surface area contributed by atoms with Gasteiger partial charge in [0.2, 0.25) is 0 Å². The van der Waals surface area contributed by atoms with E-state index in [4.69, 9.17) is 5.73 Å². The number of allylic oxidation sites excluding steroid dienone is 1. The van der Waals surface area contributed by atoms with Gasteiger partial charge in [0.1, 0.15) is 5.82 Å². The first kappa shape index (κ1) is 14.1. The molecule has 2 heterocycles. The number of hydrogen-bond acceptors (Lipinski definition) is 4. The predicted molar refractivity (Wildman–Crippen MR) is 81.9 cm³/mol. The lowest BCUT2D eigenvalue weighted by Gasteiger charge is -2.40. The van der Waals surface area contributed by atoms with Crippen molar-refractivity contribution in [2.75, 3.05) is 13.1 Å². The van der Waals surface area contributed by atoms with Crippen LogP contribution in [-0.2, 0) is 6.54 Å². The van der Waals surface area contributed by atoms with Crippen LogP contribution in [0.4, 0.5) is 4.39 Å². The van der Waals surface area contributed by atoms with Crippen LogP contribution in [0.3, 0.4) is 0 Å². The molecule has 1 saturated heterocycles. The molecule has 1 atom stereocenters. The molecular formula is C16H21FN4. The summed E-state index contributed by atoms with van der Waals surface area (Å²) in [6.45, 7) is 2.81. The molecule has 0 saturated carbocycles. The van der Waals surface area contributed by atoms with Crippen LogP contribution >= 0.6 is 0 Å². The zero-order chi connectivity index (χ0) is 14.7. The Hall–Kier alpha value is -1.88. The Morgan fingerprint density at radius 1 is 1.14 bits per heavy atom. The highest BCUT2D eigenvalue weighted by Crippen LogP contribution is 2.21. The second-order valence-corrected chi connectivity index (χ2v) is 5.65. The summed E-state index contributed by atoms with van der Waals surface area (Å²) in [5.74, 6) is -0.210. The van der Waals surface area contributed by atoms with Crippen molar-refractivity contribution < 1.29 is 4.39 Å². The Morgan fingerprint density at radius 3 is 2.57 bits per heavy atom. The van der Waals surface area contributed by atoms with Crippen molar-refractivity contribution in [1.82, 2.24) is 9.80 Å². The fraction of sp³-hybridized carbons (Fsp3) is 0.438. The summed E-state index contributed by atoms with van der Waals surface area (Å²) in [6, 6.07) is 6.60. The number of nitrogens with zero attached hydrogens (tertiary/aromatic N) is 3. The zero-order valence-corrected chi connectivity index (χ0v) is 12.1. The summed E-state index contributed by atoms with van der Waals surface area (Å²) in [7, 11) is 0. The van der Waals surface area contributed by atoms with Gasteiger partial charge >= 0.3 is 0 Å². The molecule has 4 nitrogen and oxygen atoms in total. The first-order valence-electron chi connectivity index (χ1n) is 7.47. The Morgan fingerprint density at radius 2 is 1.86 bits per heavy atom. The van der Waals surface area contributed by atoms with Crippen LogP contribution < -0.4 is 5.73 Å². The van der Waals surface area contributed by atoms with E-state index in [1.165, 1.54) is 31.4 Å². The van der Waals surface area contributed by atoms with Crippen molar-refractivity contribution in [3.05, 3.63) is 47.5 Å². The minimum Gasteiger partial charge on any atom is -0.396 e. The molecule has 2 aliphatic heterocycles. The van der Waals surface area contributed by atoms with E-state index < -0.39 is 0 Å². The standard InChI is InChI=1S/C16H21FN4/c17-14-6-4-13(5-7-14)11-21-12-15(18)10-19-16(21)20-8-2-1-3-9-20/h4-7,10,12,16H,1-3,8-9,11,18H2. The fourth-order valence-corrected chi connectivity index (χ4v) is 2.91. The van der Waals surface area contributed by atoms with Gasteiger partial charge in [-0.1, -0.05) is 18.6 Å². The third-order valence-electron chi connectivity index (χ3n) is 3.96. The van der Waals surface area contributed by atoms with Gasteiger partial charge in [0.15, 0.2) is 6.29 Å². The molecular weight excluding hydrogens is 267 g/mol. The summed E-state index contributed by atoms with van der Waals surface area (Å²) in [5.41, 5.74) is 7.60. The maximum atomic E-state index is 13.0. The number of benzene rings is 1. The first-order chi connectivity index (χ1) is 10.2. The Bertz CT molecular complexity index is 532. The van der Waals surface area contributed by atoms with Crippen LogP contribution in [-0.4, -0.2) is 35.4 Å². The van der Waals surface area contributed by atoms with Gasteiger partial charge in [0.25, 0.3) is 0 Å². The summed E-state index contributed by atoms with van der Waals surface area (Å²) >= 11 is 0. The largest absolute Gasteiger partial charge is 0.396 e. The second-order valence-electron chi connectivity index (χ2n) is 5.65. The number of halogens is 1. The topological polar surface area (TPSA) is 44.9 Å². The maximum absolute atomic E-state index is 13.0. The minimum absolute atomic E-state index is 0.00246. The van der Waals surface area contributed by atoms with Crippen LogP contribution in [0, 0.1) is 5.82 Å². The second kappa shape index (κ2) is 6.26. The third-order valence-corrected chi connectivity index (χ3v) is 3.96. The summed E-state index contributed by atoms with van der Waals surface area (Å²) in [5, 5.41) is 0. The molecule has 0 amide bonds. The van der Waals surface area contributed by atoms with Gasteiger partial charge in [-0.05, 0) is 30.5 Å². The number of nitrogens with two attached hydrogens (primary N) is 1. The molecule has 0 spiro atoms. The summed E-state index contributed by atoms with van der Waals surface area (Å²) in [6.07, 6.45) is 7.41. The highest BCUT2D eigenvalue weighted by atomic mass is 19.1. The maximum Gasteiger partial charge on any atom is 0.178 e. The Labute approximate surface area is 124 Å². The van der Waals surface area contributed by atoms with Crippen LogP contribution in [0.25, 0.3) is 0 Å². The molecule has 0 bridgehead atoms. The van der Waals surface area contributed by atoms with Gasteiger partial charge < -0.3 is 10.6 Å². The molecule has 0 aromatic heterocycles. The lowest BCUT2D eigenvalue weighted by atomic mass is 10.1. The van der Waals surface area contributed by atoms with Crippen molar-refractivity contribution in [2.45, 2.75) is 32.1 Å². The SMILES string of the molecule is NC1=CN(Cc2ccc(F)cc2)C(N2CCCCC2)N=C1. The summed E-state index contributed by atoms with van der Waals surface area (Å²) in [4.78, 5) is 9.10. The molecule has 1 aromatic rings. The average Bonchev–Trinajstić information content (AvgIpc) is 2.51. The van der Waals surface area contributed by atoms with Crippen LogP contribution in [0.2, 0.25) is 0 Å². The van der Waals surface area contributed by atoms with Gasteiger partial charge in [-0.15, -0.1) is 0 Å². The molecule has 2 N–H and O–H groups in total. The summed E-state index contributed by atoms with van der Waals surface area (Å²) < 4.78 is 13.0. The van der Waals surface area contributed by atoms with Crippen LogP contribution in [0.5, 0.6) is 0 Å². The quantitative estimate of drug-likeness (QED) is 0.928. The smallest absolute Gasteiger partial charge is 0.178 e. The van der Waals surface area contributed by atoms with Crippen molar-refractivity contribution >= 4 is 6.21 Å². The number of likely N-dealkylation sites (tertiary alicyclic amines) is 1. The lowest BCUT2D eigenvalue weighted by molar-refractivity contribution is 0.0593. The van der Waals surface area contributed by atoms with E-state index in [-0.39, 0.29) is 12.1 Å². The van der Waals surface area contributed by atoms with Crippen LogP contribution in [0.15, 0.2) is 41.2 Å². The average molecular weight is 288 g/mol. The van der Waals surface area contributed by atoms with Crippen molar-refractivity contribution in [3.8, 4) is 0 Å². The third kappa shape index (κ3) is 3.42. The lowest BCUT2D eigenvalue weighted by Crippen LogP contribution is -2.48. The molecule has 3 rings (SSSR count). The van der Waals surface area contributed by atoms with E-state index in [0.717, 1.165) is 18.7 Å². The van der Waals surface area contributed by atoms with Crippen LogP contribution in [0.1, 0.15) is 24.8 Å². The molecule has 112 valence electrons. The normalized spacial score (nSPS) is 23.2. The zero-order valence-electron chi connectivity index (χ0n) is 12.1. The van der Waals surface area contributed by atoms with Gasteiger partial charge in [-0.2, -0.15) is 0 Å². The number of aliphatic imine (C=N–C) groups is 1. The fourth-order valence-electron chi connectivity index (χ4n) is 2.91. The van der Waals surface area contributed by atoms with Crippen molar-refractivity contribution in [3.63, 3.8) is 0 Å². The van der Waals surface area contributed by atoms with E-state index in [0.29, 0.717) is 12.2 Å². The van der Waals surface area contributed by atoms with E-state index in [9.17, 15) is 4.39 Å². The molecule has 0 radical (unpaired) electrons. The molecule has 21 heavy (non-hydrogen) atoms. The van der Waals surface area contributed by atoms with E-state index in [2.05, 4.69) is 14.8 Å². The van der Waals surface area contributed by atoms with Gasteiger partial charge in [-0.25, -0.2) is 4.39 Å².